The molecule has 2 amide bonds. The van der Waals surface area contributed by atoms with E-state index in [0.717, 1.165) is 18.8 Å². The predicted molar refractivity (Wildman–Crippen MR) is 72.6 cm³/mol. The van der Waals surface area contributed by atoms with E-state index >= 15 is 0 Å². The molecular formula is C13H19N3O3. The smallest absolute Gasteiger partial charge is 0.274 e. The lowest BCUT2D eigenvalue weighted by molar-refractivity contribution is -0.124. The Balaban J connectivity index is 2.60. The highest BCUT2D eigenvalue weighted by molar-refractivity contribution is 5.93. The van der Waals surface area contributed by atoms with Crippen LogP contribution in [0.4, 0.5) is 5.69 Å². The summed E-state index contributed by atoms with van der Waals surface area (Å²) in [5.74, 6) is -1.05. The van der Waals surface area contributed by atoms with Crippen molar-refractivity contribution in [3.05, 3.63) is 29.8 Å². The van der Waals surface area contributed by atoms with Crippen molar-refractivity contribution in [1.82, 2.24) is 5.48 Å². The fourth-order valence-electron chi connectivity index (χ4n) is 1.64. The van der Waals surface area contributed by atoms with Crippen LogP contribution < -0.4 is 16.1 Å². The number of primary amides is 1. The molecule has 104 valence electrons. The van der Waals surface area contributed by atoms with Gasteiger partial charge in [0.05, 0.1) is 0 Å². The highest BCUT2D eigenvalue weighted by atomic mass is 16.7. The summed E-state index contributed by atoms with van der Waals surface area (Å²) in [5, 5.41) is 0. The average molecular weight is 265 g/mol. The van der Waals surface area contributed by atoms with Crippen molar-refractivity contribution in [3.8, 4) is 0 Å². The Morgan fingerprint density at radius 1 is 1.21 bits per heavy atom. The molecular weight excluding hydrogens is 246 g/mol. The van der Waals surface area contributed by atoms with E-state index in [2.05, 4.69) is 29.1 Å². The summed E-state index contributed by atoms with van der Waals surface area (Å²) < 4.78 is 0. The Hall–Kier alpha value is -2.08. The number of hydroxylamine groups is 1. The fourth-order valence-corrected chi connectivity index (χ4v) is 1.64. The lowest BCUT2D eigenvalue weighted by Gasteiger charge is -2.20. The first-order chi connectivity index (χ1) is 9.08. The molecule has 19 heavy (non-hydrogen) atoms. The lowest BCUT2D eigenvalue weighted by Crippen LogP contribution is -2.29. The maximum Gasteiger partial charge on any atom is 0.274 e. The van der Waals surface area contributed by atoms with Crippen molar-refractivity contribution < 1.29 is 14.4 Å². The number of rotatable bonds is 7. The van der Waals surface area contributed by atoms with Crippen LogP contribution in [0.1, 0.15) is 24.2 Å². The Kier molecular flexibility index (Phi) is 5.81. The normalized spacial score (nSPS) is 10.0. The molecule has 1 rings (SSSR count). The van der Waals surface area contributed by atoms with Crippen LogP contribution >= 0.6 is 0 Å². The van der Waals surface area contributed by atoms with Crippen LogP contribution in [0.3, 0.4) is 0 Å². The second-order valence-electron chi connectivity index (χ2n) is 3.91. The number of hydrogen-bond donors (Lipinski definition) is 2. The van der Waals surface area contributed by atoms with Gasteiger partial charge in [0, 0.05) is 24.3 Å². The first kappa shape index (κ1) is 15.0. The van der Waals surface area contributed by atoms with E-state index in [1.54, 1.807) is 12.1 Å². The fraction of sp³-hybridized carbons (Fsp3) is 0.385. The third kappa shape index (κ3) is 4.59. The number of anilines is 1. The van der Waals surface area contributed by atoms with Gasteiger partial charge in [-0.1, -0.05) is 0 Å². The molecule has 6 nitrogen and oxygen atoms in total. The first-order valence-corrected chi connectivity index (χ1v) is 6.13. The van der Waals surface area contributed by atoms with Crippen LogP contribution in [0.15, 0.2) is 24.3 Å². The van der Waals surface area contributed by atoms with Crippen LogP contribution in [-0.2, 0) is 9.63 Å². The van der Waals surface area contributed by atoms with Gasteiger partial charge in [0.2, 0.25) is 5.91 Å². The maximum absolute atomic E-state index is 11.6. The Morgan fingerprint density at radius 2 is 1.79 bits per heavy atom. The largest absolute Gasteiger partial charge is 0.372 e. The van der Waals surface area contributed by atoms with Crippen LogP contribution in [0.5, 0.6) is 0 Å². The van der Waals surface area contributed by atoms with Gasteiger partial charge in [-0.2, -0.15) is 0 Å². The van der Waals surface area contributed by atoms with E-state index in [4.69, 9.17) is 5.73 Å². The molecule has 0 fully saturated rings. The number of carbonyl (C=O) groups excluding carboxylic acids is 2. The van der Waals surface area contributed by atoms with E-state index in [0.29, 0.717) is 5.56 Å². The molecule has 0 aromatic heterocycles. The first-order valence-electron chi connectivity index (χ1n) is 6.13. The second-order valence-corrected chi connectivity index (χ2v) is 3.91. The molecule has 0 aliphatic heterocycles. The molecule has 6 heteroatoms. The summed E-state index contributed by atoms with van der Waals surface area (Å²) in [6.07, 6.45) is 0. The molecule has 0 aliphatic rings. The van der Waals surface area contributed by atoms with E-state index in [1.807, 2.05) is 12.1 Å². The Labute approximate surface area is 112 Å². The zero-order valence-corrected chi connectivity index (χ0v) is 11.2. The van der Waals surface area contributed by atoms with Crippen molar-refractivity contribution in [1.29, 1.82) is 0 Å². The number of nitrogens with zero attached hydrogens (tertiary/aromatic N) is 1. The van der Waals surface area contributed by atoms with Crippen molar-refractivity contribution in [2.75, 3.05) is 24.6 Å². The van der Waals surface area contributed by atoms with Crippen LogP contribution in [-0.4, -0.2) is 31.5 Å². The van der Waals surface area contributed by atoms with E-state index < -0.39 is 11.8 Å². The molecule has 0 saturated heterocycles. The average Bonchev–Trinajstić information content (AvgIpc) is 2.40. The quantitative estimate of drug-likeness (QED) is 0.710. The molecule has 1 aromatic carbocycles. The minimum Gasteiger partial charge on any atom is -0.372 e. The van der Waals surface area contributed by atoms with Gasteiger partial charge in [0.1, 0.15) is 0 Å². The number of benzene rings is 1. The van der Waals surface area contributed by atoms with Gasteiger partial charge in [-0.05, 0) is 38.1 Å². The monoisotopic (exact) mass is 265 g/mol. The number of hydrogen-bond acceptors (Lipinski definition) is 4. The van der Waals surface area contributed by atoms with Gasteiger partial charge in [-0.3, -0.25) is 14.4 Å². The van der Waals surface area contributed by atoms with Gasteiger partial charge >= 0.3 is 0 Å². The summed E-state index contributed by atoms with van der Waals surface area (Å²) in [6.45, 7) is 5.61. The van der Waals surface area contributed by atoms with Gasteiger partial charge in [0.25, 0.3) is 5.91 Å². The zero-order chi connectivity index (χ0) is 14.3. The topological polar surface area (TPSA) is 84.7 Å². The van der Waals surface area contributed by atoms with Gasteiger partial charge in [-0.25, -0.2) is 5.48 Å². The molecule has 0 heterocycles. The van der Waals surface area contributed by atoms with Crippen molar-refractivity contribution >= 4 is 17.5 Å². The van der Waals surface area contributed by atoms with E-state index in [-0.39, 0.29) is 6.61 Å². The number of amides is 2. The molecule has 0 bridgehead atoms. The summed E-state index contributed by atoms with van der Waals surface area (Å²) in [5.41, 5.74) is 8.55. The summed E-state index contributed by atoms with van der Waals surface area (Å²) in [6, 6.07) is 7.15. The lowest BCUT2D eigenvalue weighted by atomic mass is 10.2. The molecule has 0 unspecified atom stereocenters. The van der Waals surface area contributed by atoms with Crippen molar-refractivity contribution in [2.45, 2.75) is 13.8 Å². The number of nitrogens with two attached hydrogens (primary N) is 1. The minimum absolute atomic E-state index is 0.344. The molecule has 0 saturated carbocycles. The Morgan fingerprint density at radius 3 is 2.26 bits per heavy atom. The standard InChI is InChI=1S/C13H19N3O3/c1-3-16(4-2)11-7-5-10(6-8-11)13(18)15-19-9-12(14)17/h5-8H,3-4,9H2,1-2H3,(H2,14,17)(H,15,18). The number of nitrogens with one attached hydrogen (secondary N) is 1. The third-order valence-electron chi connectivity index (χ3n) is 2.64. The molecule has 0 radical (unpaired) electrons. The molecule has 0 aliphatic carbocycles. The summed E-state index contributed by atoms with van der Waals surface area (Å²) in [7, 11) is 0. The number of carbonyl (C=O) groups is 2. The maximum atomic E-state index is 11.6. The molecule has 1 aromatic rings. The minimum atomic E-state index is -0.641. The van der Waals surface area contributed by atoms with Crippen LogP contribution in [0.25, 0.3) is 0 Å². The molecule has 3 N–H and O–H groups in total. The molecule has 0 atom stereocenters. The van der Waals surface area contributed by atoms with Gasteiger partial charge < -0.3 is 10.6 Å². The van der Waals surface area contributed by atoms with Crippen molar-refractivity contribution in [2.24, 2.45) is 5.73 Å². The summed E-state index contributed by atoms with van der Waals surface area (Å²) in [4.78, 5) is 28.9. The SMILES string of the molecule is CCN(CC)c1ccc(C(=O)NOCC(N)=O)cc1. The van der Waals surface area contributed by atoms with Gasteiger partial charge in [0.15, 0.2) is 6.61 Å². The zero-order valence-electron chi connectivity index (χ0n) is 11.2. The summed E-state index contributed by atoms with van der Waals surface area (Å²) >= 11 is 0. The van der Waals surface area contributed by atoms with E-state index in [9.17, 15) is 9.59 Å². The highest BCUT2D eigenvalue weighted by Crippen LogP contribution is 2.14. The van der Waals surface area contributed by atoms with Crippen LogP contribution in [0.2, 0.25) is 0 Å². The second kappa shape index (κ2) is 7.38. The molecule has 0 spiro atoms. The highest BCUT2D eigenvalue weighted by Gasteiger charge is 2.07. The van der Waals surface area contributed by atoms with Crippen molar-refractivity contribution in [3.63, 3.8) is 0 Å². The Bertz CT molecular complexity index is 427. The predicted octanol–water partition coefficient (Wildman–Crippen LogP) is 0.679. The van der Waals surface area contributed by atoms with Crippen LogP contribution in [0, 0.1) is 0 Å². The van der Waals surface area contributed by atoms with Gasteiger partial charge in [-0.15, -0.1) is 0 Å². The van der Waals surface area contributed by atoms with E-state index in [1.165, 1.54) is 0 Å². The third-order valence-corrected chi connectivity index (χ3v) is 2.64.